The SMILES string of the molecule is O=C(CCC(=O)c1cccc(Cl)c1Cl)c1cccs1. The van der Waals surface area contributed by atoms with Gasteiger partial charge in [-0.25, -0.2) is 0 Å². The van der Waals surface area contributed by atoms with Crippen LogP contribution in [0.4, 0.5) is 0 Å². The minimum atomic E-state index is -0.169. The van der Waals surface area contributed by atoms with Crippen molar-refractivity contribution in [2.24, 2.45) is 0 Å². The lowest BCUT2D eigenvalue weighted by atomic mass is 10.0. The lowest BCUT2D eigenvalue weighted by molar-refractivity contribution is 0.0919. The molecule has 0 unspecified atom stereocenters. The summed E-state index contributed by atoms with van der Waals surface area (Å²) in [6.07, 6.45) is 0.318. The van der Waals surface area contributed by atoms with Gasteiger partial charge in [-0.2, -0.15) is 0 Å². The van der Waals surface area contributed by atoms with E-state index in [-0.39, 0.29) is 29.4 Å². The normalized spacial score (nSPS) is 10.4. The van der Waals surface area contributed by atoms with Crippen molar-refractivity contribution in [3.05, 3.63) is 56.2 Å². The van der Waals surface area contributed by atoms with E-state index in [0.717, 1.165) is 0 Å². The summed E-state index contributed by atoms with van der Waals surface area (Å²) in [5.74, 6) is -0.195. The number of thiophene rings is 1. The summed E-state index contributed by atoms with van der Waals surface area (Å²) in [5, 5.41) is 2.43. The molecule has 2 aromatic rings. The quantitative estimate of drug-likeness (QED) is 0.736. The molecule has 5 heteroatoms. The molecular weight excluding hydrogens is 303 g/mol. The van der Waals surface area contributed by atoms with E-state index < -0.39 is 0 Å². The van der Waals surface area contributed by atoms with Crippen LogP contribution >= 0.6 is 34.5 Å². The second-order valence-corrected chi connectivity index (χ2v) is 5.66. The Labute approximate surface area is 125 Å². The third kappa shape index (κ3) is 3.44. The molecule has 0 N–H and O–H groups in total. The fraction of sp³-hybridized carbons (Fsp3) is 0.143. The summed E-state index contributed by atoms with van der Waals surface area (Å²) >= 11 is 13.2. The van der Waals surface area contributed by atoms with E-state index in [2.05, 4.69) is 0 Å². The van der Waals surface area contributed by atoms with Gasteiger partial charge in [-0.1, -0.05) is 35.3 Å². The molecule has 0 amide bonds. The summed E-state index contributed by atoms with van der Waals surface area (Å²) in [6.45, 7) is 0. The predicted octanol–water partition coefficient (Wildman–Crippen LogP) is 4.90. The number of carbonyl (C=O) groups is 2. The van der Waals surface area contributed by atoms with Crippen LogP contribution in [0, 0.1) is 0 Å². The van der Waals surface area contributed by atoms with Gasteiger partial charge in [-0.15, -0.1) is 11.3 Å². The summed E-state index contributed by atoms with van der Waals surface area (Å²) in [4.78, 5) is 24.5. The Hall–Kier alpha value is -1.16. The summed E-state index contributed by atoms with van der Waals surface area (Å²) in [7, 11) is 0. The molecule has 0 saturated heterocycles. The van der Waals surface area contributed by atoms with Gasteiger partial charge in [0.15, 0.2) is 11.6 Å². The summed E-state index contributed by atoms with van der Waals surface area (Å²) in [5.41, 5.74) is 0.369. The number of rotatable bonds is 5. The number of ketones is 2. The summed E-state index contributed by atoms with van der Waals surface area (Å²) < 4.78 is 0. The van der Waals surface area contributed by atoms with Gasteiger partial charge >= 0.3 is 0 Å². The highest BCUT2D eigenvalue weighted by Gasteiger charge is 2.15. The van der Waals surface area contributed by atoms with Crippen LogP contribution in [0.1, 0.15) is 32.9 Å². The number of hydrogen-bond acceptors (Lipinski definition) is 3. The van der Waals surface area contributed by atoms with Crippen molar-refractivity contribution in [1.29, 1.82) is 0 Å². The largest absolute Gasteiger partial charge is 0.294 e. The van der Waals surface area contributed by atoms with Gasteiger partial charge in [0, 0.05) is 18.4 Å². The van der Waals surface area contributed by atoms with Crippen LogP contribution in [0.15, 0.2) is 35.7 Å². The lowest BCUT2D eigenvalue weighted by Crippen LogP contribution is -2.04. The second kappa shape index (κ2) is 6.33. The number of Topliss-reactive ketones (excluding diaryl/α,β-unsaturated/α-hetero) is 2. The third-order valence-electron chi connectivity index (χ3n) is 2.63. The Bertz CT molecular complexity index is 606. The monoisotopic (exact) mass is 312 g/mol. The van der Waals surface area contributed by atoms with Crippen molar-refractivity contribution in [3.8, 4) is 0 Å². The van der Waals surface area contributed by atoms with E-state index in [0.29, 0.717) is 15.5 Å². The van der Waals surface area contributed by atoms with E-state index in [9.17, 15) is 9.59 Å². The first-order chi connectivity index (χ1) is 9.09. The Morgan fingerprint density at radius 2 is 1.74 bits per heavy atom. The molecule has 0 aliphatic carbocycles. The van der Waals surface area contributed by atoms with Crippen molar-refractivity contribution in [1.82, 2.24) is 0 Å². The molecule has 1 heterocycles. The topological polar surface area (TPSA) is 34.1 Å². The zero-order valence-electron chi connectivity index (χ0n) is 9.86. The highest BCUT2D eigenvalue weighted by molar-refractivity contribution is 7.12. The average Bonchev–Trinajstić information content (AvgIpc) is 2.93. The van der Waals surface area contributed by atoms with Crippen LogP contribution in [0.3, 0.4) is 0 Å². The molecule has 0 bridgehead atoms. The fourth-order valence-electron chi connectivity index (χ4n) is 1.64. The van der Waals surface area contributed by atoms with E-state index in [4.69, 9.17) is 23.2 Å². The van der Waals surface area contributed by atoms with Crippen molar-refractivity contribution in [2.75, 3.05) is 0 Å². The predicted molar refractivity (Wildman–Crippen MR) is 78.7 cm³/mol. The zero-order chi connectivity index (χ0) is 13.8. The molecule has 0 aliphatic heterocycles. The maximum atomic E-state index is 12.0. The summed E-state index contributed by atoms with van der Waals surface area (Å²) in [6, 6.07) is 8.48. The minimum Gasteiger partial charge on any atom is -0.294 e. The molecule has 0 aliphatic rings. The minimum absolute atomic E-state index is 0.0264. The van der Waals surface area contributed by atoms with Crippen LogP contribution in [-0.4, -0.2) is 11.6 Å². The third-order valence-corrected chi connectivity index (χ3v) is 4.36. The first kappa shape index (κ1) is 14.3. The van der Waals surface area contributed by atoms with E-state index in [1.807, 2.05) is 11.4 Å². The molecule has 0 spiro atoms. The van der Waals surface area contributed by atoms with Gasteiger partial charge in [0.05, 0.1) is 14.9 Å². The van der Waals surface area contributed by atoms with Crippen molar-refractivity contribution >= 4 is 46.1 Å². The molecule has 1 aromatic carbocycles. The smallest absolute Gasteiger partial charge is 0.173 e. The van der Waals surface area contributed by atoms with Crippen molar-refractivity contribution < 1.29 is 9.59 Å². The molecule has 0 radical (unpaired) electrons. The molecule has 0 fully saturated rings. The van der Waals surface area contributed by atoms with Gasteiger partial charge < -0.3 is 0 Å². The lowest BCUT2D eigenvalue weighted by Gasteiger charge is -2.04. The highest BCUT2D eigenvalue weighted by atomic mass is 35.5. The van der Waals surface area contributed by atoms with E-state index in [1.54, 1.807) is 24.3 Å². The van der Waals surface area contributed by atoms with Gasteiger partial charge in [-0.05, 0) is 23.6 Å². The van der Waals surface area contributed by atoms with Gasteiger partial charge in [0.2, 0.25) is 0 Å². The van der Waals surface area contributed by atoms with Gasteiger partial charge in [0.25, 0.3) is 0 Å². The van der Waals surface area contributed by atoms with Crippen LogP contribution in [-0.2, 0) is 0 Å². The van der Waals surface area contributed by atoms with Crippen LogP contribution in [0.2, 0.25) is 10.0 Å². The molecule has 2 rings (SSSR count). The Balaban J connectivity index is 2.02. The second-order valence-electron chi connectivity index (χ2n) is 3.93. The Morgan fingerprint density at radius 3 is 2.42 bits per heavy atom. The van der Waals surface area contributed by atoms with Crippen LogP contribution in [0.25, 0.3) is 0 Å². The Kier molecular flexibility index (Phi) is 4.75. The first-order valence-electron chi connectivity index (χ1n) is 5.63. The van der Waals surface area contributed by atoms with E-state index >= 15 is 0 Å². The molecule has 98 valence electrons. The van der Waals surface area contributed by atoms with Crippen molar-refractivity contribution in [2.45, 2.75) is 12.8 Å². The molecular formula is C14H10Cl2O2S. The van der Waals surface area contributed by atoms with Gasteiger partial charge in [-0.3, -0.25) is 9.59 Å². The Morgan fingerprint density at radius 1 is 1.00 bits per heavy atom. The standard InChI is InChI=1S/C14H10Cl2O2S/c15-10-4-1-3-9(14(10)16)11(17)6-7-12(18)13-5-2-8-19-13/h1-5,8H,6-7H2. The number of halogens is 2. The molecule has 0 atom stereocenters. The average molecular weight is 313 g/mol. The molecule has 2 nitrogen and oxygen atoms in total. The van der Waals surface area contributed by atoms with E-state index in [1.165, 1.54) is 11.3 Å². The first-order valence-corrected chi connectivity index (χ1v) is 7.27. The molecule has 1 aromatic heterocycles. The number of hydrogen-bond donors (Lipinski definition) is 0. The van der Waals surface area contributed by atoms with Crippen molar-refractivity contribution in [3.63, 3.8) is 0 Å². The van der Waals surface area contributed by atoms with Crippen LogP contribution in [0.5, 0.6) is 0 Å². The number of carbonyl (C=O) groups excluding carboxylic acids is 2. The maximum absolute atomic E-state index is 12.0. The maximum Gasteiger partial charge on any atom is 0.173 e. The fourth-order valence-corrected chi connectivity index (χ4v) is 2.74. The number of benzene rings is 1. The molecule has 0 saturated carbocycles. The van der Waals surface area contributed by atoms with Crippen LogP contribution < -0.4 is 0 Å². The molecule has 19 heavy (non-hydrogen) atoms. The van der Waals surface area contributed by atoms with Gasteiger partial charge in [0.1, 0.15) is 0 Å². The zero-order valence-corrected chi connectivity index (χ0v) is 12.2. The highest BCUT2D eigenvalue weighted by Crippen LogP contribution is 2.27.